The highest BCUT2D eigenvalue weighted by molar-refractivity contribution is 5.98. The molecular formula is C24H30O. The number of methoxy groups -OCH3 is 1. The molecule has 2 rings (SSSR count). The number of benzene rings is 2. The van der Waals surface area contributed by atoms with Gasteiger partial charge in [0.25, 0.3) is 0 Å². The largest absolute Gasteiger partial charge is 0.497 e. The summed E-state index contributed by atoms with van der Waals surface area (Å²) in [7, 11) is 1.69. The van der Waals surface area contributed by atoms with E-state index in [0.29, 0.717) is 0 Å². The Morgan fingerprint density at radius 1 is 0.840 bits per heavy atom. The number of allylic oxidation sites excluding steroid dienone is 6. The Morgan fingerprint density at radius 2 is 1.44 bits per heavy atom. The number of rotatable bonds is 5. The fourth-order valence-electron chi connectivity index (χ4n) is 2.69. The summed E-state index contributed by atoms with van der Waals surface area (Å²) in [5.41, 5.74) is 6.17. The molecule has 0 unspecified atom stereocenters. The average Bonchev–Trinajstić information content (AvgIpc) is 2.70. The van der Waals surface area contributed by atoms with Crippen molar-refractivity contribution in [1.82, 2.24) is 0 Å². The van der Waals surface area contributed by atoms with E-state index in [1.807, 2.05) is 39.0 Å². The van der Waals surface area contributed by atoms with Crippen molar-refractivity contribution >= 4 is 11.1 Å². The standard InChI is InChI=1S/C22H24O.C2H6/c1-5-10-18(6-2)22(17(3)19-11-8-7-9-12-19)20-13-15-21(23-4)16-14-20;1-2/h5-16H,1-4H3;1-2H3/b10-5-,18-6+,22-17+;. The van der Waals surface area contributed by atoms with Crippen LogP contribution in [0.25, 0.3) is 11.1 Å². The summed E-state index contributed by atoms with van der Waals surface area (Å²) in [6, 6.07) is 18.8. The van der Waals surface area contributed by atoms with Gasteiger partial charge in [0.1, 0.15) is 5.75 Å². The number of ether oxygens (including phenoxy) is 1. The molecule has 0 atom stereocenters. The van der Waals surface area contributed by atoms with Gasteiger partial charge in [-0.3, -0.25) is 0 Å². The van der Waals surface area contributed by atoms with Crippen LogP contribution in [0.2, 0.25) is 0 Å². The molecule has 1 nitrogen and oxygen atoms in total. The van der Waals surface area contributed by atoms with Crippen LogP contribution in [0, 0.1) is 0 Å². The lowest BCUT2D eigenvalue weighted by Gasteiger charge is -2.15. The molecule has 1 heteroatoms. The van der Waals surface area contributed by atoms with Crippen molar-refractivity contribution < 1.29 is 4.74 Å². The van der Waals surface area contributed by atoms with Crippen LogP contribution in [-0.4, -0.2) is 7.11 Å². The van der Waals surface area contributed by atoms with Gasteiger partial charge in [-0.1, -0.05) is 74.5 Å². The lowest BCUT2D eigenvalue weighted by molar-refractivity contribution is 0.415. The molecule has 2 aromatic carbocycles. The Balaban J connectivity index is 0.00000151. The summed E-state index contributed by atoms with van der Waals surface area (Å²) >= 11 is 0. The smallest absolute Gasteiger partial charge is 0.118 e. The monoisotopic (exact) mass is 334 g/mol. The van der Waals surface area contributed by atoms with Crippen LogP contribution in [0.3, 0.4) is 0 Å². The highest BCUT2D eigenvalue weighted by Crippen LogP contribution is 2.33. The molecule has 0 heterocycles. The zero-order valence-electron chi connectivity index (χ0n) is 16.3. The van der Waals surface area contributed by atoms with Crippen molar-refractivity contribution in [1.29, 1.82) is 0 Å². The first-order chi connectivity index (χ1) is 12.2. The molecule has 0 amide bonds. The van der Waals surface area contributed by atoms with Gasteiger partial charge in [-0.15, -0.1) is 0 Å². The molecule has 0 bridgehead atoms. The first kappa shape index (κ1) is 20.5. The van der Waals surface area contributed by atoms with Gasteiger partial charge in [0.2, 0.25) is 0 Å². The summed E-state index contributed by atoms with van der Waals surface area (Å²) in [5.74, 6) is 0.874. The van der Waals surface area contributed by atoms with Gasteiger partial charge in [0.15, 0.2) is 0 Å². The van der Waals surface area contributed by atoms with E-state index in [9.17, 15) is 0 Å². The van der Waals surface area contributed by atoms with E-state index in [2.05, 4.69) is 68.5 Å². The molecule has 0 aliphatic heterocycles. The Kier molecular flexibility index (Phi) is 9.10. The predicted molar refractivity (Wildman–Crippen MR) is 112 cm³/mol. The van der Waals surface area contributed by atoms with Crippen molar-refractivity contribution in [2.45, 2.75) is 34.6 Å². The normalized spacial score (nSPS) is 12.3. The van der Waals surface area contributed by atoms with Crippen LogP contribution in [0.15, 0.2) is 78.4 Å². The second-order valence-corrected chi connectivity index (χ2v) is 5.34. The van der Waals surface area contributed by atoms with Crippen LogP contribution in [0.1, 0.15) is 45.7 Å². The van der Waals surface area contributed by atoms with Crippen molar-refractivity contribution in [3.63, 3.8) is 0 Å². The molecule has 132 valence electrons. The van der Waals surface area contributed by atoms with Gasteiger partial charge in [-0.25, -0.2) is 0 Å². The lowest BCUT2D eigenvalue weighted by Crippen LogP contribution is -1.93. The SMILES string of the molecule is CC.C\C=C/C(=C\C)C(=C(/C)c1ccccc1)/c1ccc(OC)cc1. The van der Waals surface area contributed by atoms with E-state index in [1.54, 1.807) is 7.11 Å². The maximum atomic E-state index is 5.28. The van der Waals surface area contributed by atoms with E-state index in [0.717, 1.165) is 5.75 Å². The first-order valence-corrected chi connectivity index (χ1v) is 8.91. The third kappa shape index (κ3) is 5.49. The summed E-state index contributed by atoms with van der Waals surface area (Å²) in [5, 5.41) is 0. The number of hydrogen-bond donors (Lipinski definition) is 0. The van der Waals surface area contributed by atoms with Crippen molar-refractivity contribution in [2.75, 3.05) is 7.11 Å². The average molecular weight is 335 g/mol. The lowest BCUT2D eigenvalue weighted by atomic mass is 9.89. The Bertz CT molecular complexity index is 716. The van der Waals surface area contributed by atoms with Crippen molar-refractivity contribution in [3.05, 3.63) is 89.5 Å². The Hall–Kier alpha value is -2.54. The van der Waals surface area contributed by atoms with Crippen LogP contribution < -0.4 is 4.74 Å². The Labute approximate surface area is 153 Å². The molecule has 0 aliphatic carbocycles. The van der Waals surface area contributed by atoms with Crippen molar-refractivity contribution in [3.8, 4) is 5.75 Å². The highest BCUT2D eigenvalue weighted by atomic mass is 16.5. The van der Waals surface area contributed by atoms with Gasteiger partial charge < -0.3 is 4.74 Å². The minimum Gasteiger partial charge on any atom is -0.497 e. The van der Waals surface area contributed by atoms with Gasteiger partial charge in [0, 0.05) is 0 Å². The molecule has 0 aromatic heterocycles. The molecule has 0 N–H and O–H groups in total. The predicted octanol–water partition coefficient (Wildman–Crippen LogP) is 7.17. The third-order valence-corrected chi connectivity index (χ3v) is 3.91. The zero-order chi connectivity index (χ0) is 18.7. The fraction of sp³-hybridized carbons (Fsp3) is 0.250. The topological polar surface area (TPSA) is 9.23 Å². The van der Waals surface area contributed by atoms with Gasteiger partial charge in [-0.05, 0) is 60.8 Å². The van der Waals surface area contributed by atoms with E-state index in [-0.39, 0.29) is 0 Å². The van der Waals surface area contributed by atoms with Crippen LogP contribution in [0.4, 0.5) is 0 Å². The summed E-state index contributed by atoms with van der Waals surface area (Å²) < 4.78 is 5.28. The van der Waals surface area contributed by atoms with Gasteiger partial charge in [0.05, 0.1) is 7.11 Å². The third-order valence-electron chi connectivity index (χ3n) is 3.91. The highest BCUT2D eigenvalue weighted by Gasteiger charge is 2.11. The molecular weight excluding hydrogens is 304 g/mol. The molecule has 25 heavy (non-hydrogen) atoms. The second-order valence-electron chi connectivity index (χ2n) is 5.34. The van der Waals surface area contributed by atoms with Crippen LogP contribution in [-0.2, 0) is 0 Å². The van der Waals surface area contributed by atoms with Crippen LogP contribution in [0.5, 0.6) is 5.75 Å². The van der Waals surface area contributed by atoms with E-state index >= 15 is 0 Å². The summed E-state index contributed by atoms with van der Waals surface area (Å²) in [6.45, 7) is 10.3. The molecule has 0 radical (unpaired) electrons. The molecule has 0 spiro atoms. The number of hydrogen-bond acceptors (Lipinski definition) is 1. The van der Waals surface area contributed by atoms with E-state index < -0.39 is 0 Å². The molecule has 0 saturated carbocycles. The fourth-order valence-corrected chi connectivity index (χ4v) is 2.69. The maximum absolute atomic E-state index is 5.28. The van der Waals surface area contributed by atoms with E-state index in [4.69, 9.17) is 4.74 Å². The van der Waals surface area contributed by atoms with Crippen LogP contribution >= 0.6 is 0 Å². The molecule has 0 saturated heterocycles. The second kappa shape index (κ2) is 11.1. The summed E-state index contributed by atoms with van der Waals surface area (Å²) in [4.78, 5) is 0. The minimum atomic E-state index is 0.874. The van der Waals surface area contributed by atoms with Gasteiger partial charge in [-0.2, -0.15) is 0 Å². The van der Waals surface area contributed by atoms with Crippen molar-refractivity contribution in [2.24, 2.45) is 0 Å². The zero-order valence-corrected chi connectivity index (χ0v) is 16.3. The quantitative estimate of drug-likeness (QED) is 0.416. The Morgan fingerprint density at radius 3 is 1.92 bits per heavy atom. The molecule has 2 aromatic rings. The van der Waals surface area contributed by atoms with Gasteiger partial charge >= 0.3 is 0 Å². The molecule has 0 fully saturated rings. The molecule has 0 aliphatic rings. The van der Waals surface area contributed by atoms with E-state index in [1.165, 1.54) is 27.8 Å². The summed E-state index contributed by atoms with van der Waals surface area (Å²) in [6.07, 6.45) is 6.40. The minimum absolute atomic E-state index is 0.874. The first-order valence-electron chi connectivity index (χ1n) is 8.91. The maximum Gasteiger partial charge on any atom is 0.118 e.